The Morgan fingerprint density at radius 2 is 1.62 bits per heavy atom. The van der Waals surface area contributed by atoms with Crippen molar-refractivity contribution in [2.45, 2.75) is 0 Å². The molecule has 0 fully saturated rings. The first-order chi connectivity index (χ1) is 3.06. The van der Waals surface area contributed by atoms with Crippen LogP contribution in [0.25, 0.3) is 0 Å². The van der Waals surface area contributed by atoms with Gasteiger partial charge in [-0.3, -0.25) is 0 Å². The van der Waals surface area contributed by atoms with Crippen LogP contribution >= 0.6 is 9.90 Å². The molecule has 0 spiro atoms. The third kappa shape index (κ3) is 9.61. The first-order valence-electron chi connectivity index (χ1n) is 2.47. The van der Waals surface area contributed by atoms with Gasteiger partial charge in [-0.25, -0.2) is 0 Å². The van der Waals surface area contributed by atoms with E-state index in [1.165, 1.54) is 0 Å². The normalized spacial score (nSPS) is 10.5. The van der Waals surface area contributed by atoms with E-state index in [1.54, 1.807) is 0 Å². The number of aliphatic hydroxyl groups excluding tert-OH is 1. The average Bonchev–Trinajstić information content (AvgIpc) is 1.30. The smallest absolute Gasteiger partial charge is 0.101 e. The van der Waals surface area contributed by atoms with Crippen molar-refractivity contribution in [2.75, 3.05) is 34.3 Å². The number of quaternary nitrogens is 1. The number of likely N-dealkylation sites (N-methyl/N-ethyl adjacent to an activating group) is 1. The van der Waals surface area contributed by atoms with E-state index >= 15 is 0 Å². The van der Waals surface area contributed by atoms with E-state index in [0.29, 0.717) is 0 Å². The highest BCUT2D eigenvalue weighted by atomic mass is 31.0. The number of aliphatic hydroxyl groups is 1. The van der Waals surface area contributed by atoms with Gasteiger partial charge < -0.3 is 9.59 Å². The Balaban J connectivity index is 0. The van der Waals surface area contributed by atoms with Crippen LogP contribution in [0.15, 0.2) is 0 Å². The van der Waals surface area contributed by atoms with Crippen LogP contribution in [0, 0.1) is 0 Å². The molecule has 0 aromatic rings. The summed E-state index contributed by atoms with van der Waals surface area (Å²) in [4.78, 5) is 0. The standard InChI is InChI=1S/C5H14NO.H3P/c1-6(2,3)4-5-7;/h7H,4-5H2,1-3H3;1H3/q+1;/p+1. The predicted molar refractivity (Wildman–Crippen MR) is 42.5 cm³/mol. The average molecular weight is 139 g/mol. The maximum atomic E-state index is 8.39. The van der Waals surface area contributed by atoms with Gasteiger partial charge in [-0.15, -0.1) is 0 Å². The van der Waals surface area contributed by atoms with E-state index in [9.17, 15) is 0 Å². The zero-order chi connectivity index (χ0) is 5.91. The van der Waals surface area contributed by atoms with Crippen molar-refractivity contribution >= 4 is 9.90 Å². The minimum absolute atomic E-state index is 0. The summed E-state index contributed by atoms with van der Waals surface area (Å²) >= 11 is 0. The Morgan fingerprint density at radius 1 is 1.25 bits per heavy atom. The van der Waals surface area contributed by atoms with E-state index in [-0.39, 0.29) is 16.5 Å². The largest absolute Gasteiger partial charge is 0.391 e. The summed E-state index contributed by atoms with van der Waals surface area (Å²) < 4.78 is 0.844. The molecule has 0 radical (unpaired) electrons. The molecule has 0 aromatic heterocycles. The molecule has 8 heavy (non-hydrogen) atoms. The Bertz CT molecular complexity index is 50.9. The van der Waals surface area contributed by atoms with E-state index in [1.807, 2.05) is 0 Å². The molecule has 0 rings (SSSR count). The van der Waals surface area contributed by atoms with E-state index in [2.05, 4.69) is 21.1 Å². The molecule has 0 saturated carbocycles. The summed E-state index contributed by atoms with van der Waals surface area (Å²) in [6.45, 7) is 1.11. The Morgan fingerprint density at radius 3 is 1.62 bits per heavy atom. The molecule has 0 heterocycles. The molecule has 0 aliphatic carbocycles. The van der Waals surface area contributed by atoms with Crippen molar-refractivity contribution in [2.24, 2.45) is 0 Å². The van der Waals surface area contributed by atoms with E-state index in [0.717, 1.165) is 11.0 Å². The fourth-order valence-corrected chi connectivity index (χ4v) is 0.300. The van der Waals surface area contributed by atoms with Crippen molar-refractivity contribution in [1.29, 1.82) is 0 Å². The number of hydrogen-bond acceptors (Lipinski definition) is 1. The van der Waals surface area contributed by atoms with Crippen molar-refractivity contribution in [3.8, 4) is 0 Å². The molecule has 0 aliphatic rings. The second kappa shape index (κ2) is 4.25. The van der Waals surface area contributed by atoms with Crippen molar-refractivity contribution in [1.82, 2.24) is 0 Å². The zero-order valence-electron chi connectivity index (χ0n) is 6.31. The minimum Gasteiger partial charge on any atom is -0.391 e. The quantitative estimate of drug-likeness (QED) is 0.403. The van der Waals surface area contributed by atoms with Crippen molar-refractivity contribution < 1.29 is 9.59 Å². The summed E-state index contributed by atoms with van der Waals surface area (Å²) in [5, 5.41) is 8.39. The van der Waals surface area contributed by atoms with E-state index in [4.69, 9.17) is 5.11 Å². The molecule has 1 unspecified atom stereocenters. The van der Waals surface area contributed by atoms with Gasteiger partial charge in [-0.2, -0.15) is 0 Å². The third-order valence-electron chi connectivity index (χ3n) is 0.771. The lowest BCUT2D eigenvalue weighted by Gasteiger charge is -2.21. The first-order valence-corrected chi connectivity index (χ1v) is 2.47. The maximum absolute atomic E-state index is 8.39. The summed E-state index contributed by atoms with van der Waals surface area (Å²) in [6, 6.07) is 0. The van der Waals surface area contributed by atoms with Crippen LogP contribution in [0.2, 0.25) is 0 Å². The maximum Gasteiger partial charge on any atom is 0.101 e. The molecule has 0 aromatic carbocycles. The highest BCUT2D eigenvalue weighted by Crippen LogP contribution is 1.84. The summed E-state index contributed by atoms with van der Waals surface area (Å²) in [7, 11) is 6.16. The zero-order valence-corrected chi connectivity index (χ0v) is 8.31. The van der Waals surface area contributed by atoms with Gasteiger partial charge >= 0.3 is 0 Å². The van der Waals surface area contributed by atoms with E-state index < -0.39 is 0 Å². The molecule has 1 N–H and O–H groups in total. The number of rotatable bonds is 2. The van der Waals surface area contributed by atoms with Crippen molar-refractivity contribution in [3.63, 3.8) is 0 Å². The van der Waals surface area contributed by atoms with Crippen LogP contribution in [0.5, 0.6) is 0 Å². The van der Waals surface area contributed by atoms with Gasteiger partial charge in [-0.05, 0) is 9.90 Å². The molecule has 0 bridgehead atoms. The molecular formula is C5H18NOP+2. The minimum atomic E-state index is 0. The van der Waals surface area contributed by atoms with Gasteiger partial charge in [0, 0.05) is 0 Å². The van der Waals surface area contributed by atoms with Gasteiger partial charge in [0.1, 0.15) is 6.54 Å². The lowest BCUT2D eigenvalue weighted by molar-refractivity contribution is -0.870. The number of hydrogen-bond donors (Lipinski definition) is 1. The highest BCUT2D eigenvalue weighted by Gasteiger charge is 2.02. The van der Waals surface area contributed by atoms with Crippen LogP contribution in [0.4, 0.5) is 0 Å². The monoisotopic (exact) mass is 139 g/mol. The fourth-order valence-electron chi connectivity index (χ4n) is 0.300. The van der Waals surface area contributed by atoms with Gasteiger partial charge in [-0.1, -0.05) is 0 Å². The molecule has 52 valence electrons. The van der Waals surface area contributed by atoms with Crippen molar-refractivity contribution in [3.05, 3.63) is 0 Å². The number of nitrogens with zero attached hydrogens (tertiary/aromatic N) is 1. The fraction of sp³-hybridized carbons (Fsp3) is 1.00. The molecule has 0 aliphatic heterocycles. The third-order valence-corrected chi connectivity index (χ3v) is 0.771. The Hall–Kier alpha value is 0.350. The Labute approximate surface area is 54.7 Å². The van der Waals surface area contributed by atoms with Crippen LogP contribution in [0.3, 0.4) is 0 Å². The van der Waals surface area contributed by atoms with Gasteiger partial charge in [0.2, 0.25) is 0 Å². The molecular weight excluding hydrogens is 121 g/mol. The van der Waals surface area contributed by atoms with Crippen LogP contribution in [0.1, 0.15) is 0 Å². The second-order valence-electron chi connectivity index (χ2n) is 2.74. The lowest BCUT2D eigenvalue weighted by atomic mass is 10.5. The SMILES string of the molecule is C[N+](C)(C)CCO.[PH4+]. The molecule has 1 atom stereocenters. The van der Waals surface area contributed by atoms with Gasteiger partial charge in [0.15, 0.2) is 0 Å². The molecule has 0 saturated heterocycles. The second-order valence-corrected chi connectivity index (χ2v) is 2.74. The summed E-state index contributed by atoms with van der Waals surface area (Å²) in [6.07, 6.45) is 0. The molecule has 3 heteroatoms. The van der Waals surface area contributed by atoms with Gasteiger partial charge in [0.25, 0.3) is 0 Å². The molecule has 2 nitrogen and oxygen atoms in total. The highest BCUT2D eigenvalue weighted by molar-refractivity contribution is 6.92. The van der Waals surface area contributed by atoms with Crippen LogP contribution in [-0.4, -0.2) is 43.9 Å². The molecule has 0 amide bonds. The summed E-state index contributed by atoms with van der Waals surface area (Å²) in [5.41, 5.74) is 0. The predicted octanol–water partition coefficient (Wildman–Crippen LogP) is -0.525. The van der Waals surface area contributed by atoms with Crippen LogP contribution < -0.4 is 0 Å². The van der Waals surface area contributed by atoms with Crippen LogP contribution in [-0.2, 0) is 0 Å². The van der Waals surface area contributed by atoms with Gasteiger partial charge in [0.05, 0.1) is 27.7 Å². The summed E-state index contributed by atoms with van der Waals surface area (Å²) in [5.74, 6) is 0. The first kappa shape index (κ1) is 11.2. The lowest BCUT2D eigenvalue weighted by Crippen LogP contribution is -2.36. The Kier molecular flexibility index (Phi) is 5.94. The topological polar surface area (TPSA) is 20.2 Å².